The number of halogens is 1. The number of benzene rings is 3. The molecule has 0 bridgehead atoms. The van der Waals surface area contributed by atoms with Crippen LogP contribution < -0.4 is 10.1 Å². The molecule has 168 valence electrons. The number of rotatable bonds is 8. The SMILES string of the molecule is O=C(Nc1cccc(OCc2ccc(F)cc2)c1)c1occc1CS(=O)(=O)c1ccccc1. The highest BCUT2D eigenvalue weighted by molar-refractivity contribution is 7.90. The van der Waals surface area contributed by atoms with Crippen LogP contribution in [0, 0.1) is 5.82 Å². The first-order valence-corrected chi connectivity index (χ1v) is 11.7. The number of amides is 1. The molecule has 4 rings (SSSR count). The molecule has 6 nitrogen and oxygen atoms in total. The number of carbonyl (C=O) groups is 1. The molecule has 3 aromatic carbocycles. The van der Waals surface area contributed by atoms with Crippen molar-refractivity contribution in [2.75, 3.05) is 5.32 Å². The minimum Gasteiger partial charge on any atom is -0.489 e. The molecule has 1 N–H and O–H groups in total. The average molecular weight is 466 g/mol. The van der Waals surface area contributed by atoms with Crippen LogP contribution in [-0.4, -0.2) is 14.3 Å². The molecule has 0 saturated carbocycles. The molecule has 33 heavy (non-hydrogen) atoms. The third-order valence-electron chi connectivity index (χ3n) is 4.81. The van der Waals surface area contributed by atoms with Gasteiger partial charge in [-0.05, 0) is 48.0 Å². The zero-order valence-corrected chi connectivity index (χ0v) is 18.2. The molecule has 0 aliphatic carbocycles. The summed E-state index contributed by atoms with van der Waals surface area (Å²) in [5, 5.41) is 2.70. The molecular weight excluding hydrogens is 445 g/mol. The van der Waals surface area contributed by atoms with Gasteiger partial charge in [0.1, 0.15) is 18.2 Å². The summed E-state index contributed by atoms with van der Waals surface area (Å²) in [4.78, 5) is 12.9. The van der Waals surface area contributed by atoms with Crippen LogP contribution in [0.25, 0.3) is 0 Å². The first-order valence-electron chi connectivity index (χ1n) is 10.0. The first kappa shape index (κ1) is 22.3. The van der Waals surface area contributed by atoms with Gasteiger partial charge in [-0.2, -0.15) is 0 Å². The van der Waals surface area contributed by atoms with E-state index in [1.165, 1.54) is 36.6 Å². The zero-order valence-electron chi connectivity index (χ0n) is 17.4. The van der Waals surface area contributed by atoms with E-state index in [4.69, 9.17) is 9.15 Å². The summed E-state index contributed by atoms with van der Waals surface area (Å²) < 4.78 is 49.4. The second-order valence-electron chi connectivity index (χ2n) is 7.24. The lowest BCUT2D eigenvalue weighted by molar-refractivity contribution is 0.0995. The number of hydrogen-bond donors (Lipinski definition) is 1. The van der Waals surface area contributed by atoms with Gasteiger partial charge in [0.25, 0.3) is 5.91 Å². The average Bonchev–Trinajstić information content (AvgIpc) is 3.27. The summed E-state index contributed by atoms with van der Waals surface area (Å²) in [6.07, 6.45) is 1.28. The van der Waals surface area contributed by atoms with Gasteiger partial charge in [-0.15, -0.1) is 0 Å². The van der Waals surface area contributed by atoms with Gasteiger partial charge < -0.3 is 14.5 Å². The van der Waals surface area contributed by atoms with Gasteiger partial charge in [0.2, 0.25) is 0 Å². The molecule has 4 aromatic rings. The first-order chi connectivity index (χ1) is 15.9. The van der Waals surface area contributed by atoms with Crippen molar-refractivity contribution < 1.29 is 26.8 Å². The van der Waals surface area contributed by atoms with Gasteiger partial charge in [0.05, 0.1) is 16.9 Å². The third-order valence-corrected chi connectivity index (χ3v) is 6.49. The quantitative estimate of drug-likeness (QED) is 0.385. The Morgan fingerprint density at radius 3 is 2.45 bits per heavy atom. The lowest BCUT2D eigenvalue weighted by Crippen LogP contribution is -2.14. The van der Waals surface area contributed by atoms with Crippen LogP contribution >= 0.6 is 0 Å². The van der Waals surface area contributed by atoms with Crippen molar-refractivity contribution in [3.8, 4) is 5.75 Å². The molecule has 0 aliphatic heterocycles. The largest absolute Gasteiger partial charge is 0.489 e. The highest BCUT2D eigenvalue weighted by Crippen LogP contribution is 2.23. The summed E-state index contributed by atoms with van der Waals surface area (Å²) in [6, 6.07) is 22.2. The van der Waals surface area contributed by atoms with Crippen molar-refractivity contribution in [1.29, 1.82) is 0 Å². The van der Waals surface area contributed by atoms with Crippen LogP contribution in [0.4, 0.5) is 10.1 Å². The fourth-order valence-corrected chi connectivity index (χ4v) is 4.54. The van der Waals surface area contributed by atoms with E-state index >= 15 is 0 Å². The lowest BCUT2D eigenvalue weighted by Gasteiger charge is -2.10. The molecule has 0 radical (unpaired) electrons. The van der Waals surface area contributed by atoms with Crippen molar-refractivity contribution in [3.63, 3.8) is 0 Å². The molecule has 0 spiro atoms. The molecule has 1 aromatic heterocycles. The van der Waals surface area contributed by atoms with Crippen LogP contribution in [-0.2, 0) is 22.2 Å². The predicted molar refractivity (Wildman–Crippen MR) is 121 cm³/mol. The van der Waals surface area contributed by atoms with Gasteiger partial charge >= 0.3 is 0 Å². The summed E-state index contributed by atoms with van der Waals surface area (Å²) in [6.45, 7) is 0.233. The number of carbonyl (C=O) groups excluding carboxylic acids is 1. The number of sulfone groups is 1. The van der Waals surface area contributed by atoms with Crippen molar-refractivity contribution >= 4 is 21.4 Å². The molecule has 1 amide bonds. The van der Waals surface area contributed by atoms with Gasteiger partial charge in [-0.1, -0.05) is 36.4 Å². The van der Waals surface area contributed by atoms with Crippen LogP contribution in [0.3, 0.4) is 0 Å². The standard InChI is InChI=1S/C25H20FNO5S/c26-20-11-9-18(10-12-20)16-32-22-6-4-5-21(15-22)27-25(28)24-19(13-14-31-24)17-33(29,30)23-7-2-1-3-8-23/h1-15H,16-17H2,(H,27,28). The maximum atomic E-state index is 13.0. The fraction of sp³-hybridized carbons (Fsp3) is 0.0800. The third kappa shape index (κ3) is 5.67. The summed E-state index contributed by atoms with van der Waals surface area (Å²) in [7, 11) is -3.64. The van der Waals surface area contributed by atoms with Crippen LogP contribution in [0.1, 0.15) is 21.7 Å². The Kier molecular flexibility index (Phi) is 6.55. The Hall–Kier alpha value is -3.91. The van der Waals surface area contributed by atoms with E-state index in [9.17, 15) is 17.6 Å². The second-order valence-corrected chi connectivity index (χ2v) is 9.23. The molecule has 0 saturated heterocycles. The second kappa shape index (κ2) is 9.70. The topological polar surface area (TPSA) is 85.6 Å². The van der Waals surface area contributed by atoms with E-state index < -0.39 is 15.7 Å². The highest BCUT2D eigenvalue weighted by atomic mass is 32.2. The molecular formula is C25H20FNO5S. The van der Waals surface area contributed by atoms with Gasteiger partial charge in [0, 0.05) is 17.3 Å². The number of hydrogen-bond acceptors (Lipinski definition) is 5. The number of nitrogens with one attached hydrogen (secondary N) is 1. The predicted octanol–water partition coefficient (Wildman–Crippen LogP) is 5.22. The van der Waals surface area contributed by atoms with Crippen molar-refractivity contribution in [2.24, 2.45) is 0 Å². The molecule has 8 heteroatoms. The Morgan fingerprint density at radius 1 is 0.939 bits per heavy atom. The molecule has 1 heterocycles. The van der Waals surface area contributed by atoms with Crippen LogP contribution in [0.2, 0.25) is 0 Å². The van der Waals surface area contributed by atoms with E-state index in [1.807, 2.05) is 0 Å². The van der Waals surface area contributed by atoms with E-state index in [2.05, 4.69) is 5.32 Å². The number of anilines is 1. The monoisotopic (exact) mass is 465 g/mol. The molecule has 0 fully saturated rings. The Morgan fingerprint density at radius 2 is 1.70 bits per heavy atom. The minimum absolute atomic E-state index is 0.0767. The van der Waals surface area contributed by atoms with E-state index in [-0.39, 0.29) is 34.4 Å². The van der Waals surface area contributed by atoms with Gasteiger partial charge in [-0.3, -0.25) is 4.79 Å². The number of ether oxygens (including phenoxy) is 1. The fourth-order valence-electron chi connectivity index (χ4n) is 3.16. The molecule has 0 unspecified atom stereocenters. The Bertz CT molecular complexity index is 1350. The van der Waals surface area contributed by atoms with Crippen LogP contribution in [0.15, 0.2) is 101 Å². The minimum atomic E-state index is -3.64. The Labute approximate surface area is 190 Å². The smallest absolute Gasteiger partial charge is 0.291 e. The van der Waals surface area contributed by atoms with Gasteiger partial charge in [0.15, 0.2) is 15.6 Å². The normalized spacial score (nSPS) is 11.2. The Balaban J connectivity index is 1.43. The van der Waals surface area contributed by atoms with Crippen molar-refractivity contribution in [2.45, 2.75) is 17.3 Å². The summed E-state index contributed by atoms with van der Waals surface area (Å²) >= 11 is 0. The van der Waals surface area contributed by atoms with E-state index in [0.717, 1.165) is 5.56 Å². The van der Waals surface area contributed by atoms with Crippen molar-refractivity contribution in [1.82, 2.24) is 0 Å². The van der Waals surface area contributed by atoms with E-state index in [0.29, 0.717) is 11.4 Å². The van der Waals surface area contributed by atoms with Gasteiger partial charge in [-0.25, -0.2) is 12.8 Å². The van der Waals surface area contributed by atoms with Crippen molar-refractivity contribution in [3.05, 3.63) is 114 Å². The zero-order chi connectivity index (χ0) is 23.3. The van der Waals surface area contributed by atoms with E-state index in [1.54, 1.807) is 54.6 Å². The summed E-state index contributed by atoms with van der Waals surface area (Å²) in [5.74, 6) is -0.835. The molecule has 0 atom stereocenters. The summed E-state index contributed by atoms with van der Waals surface area (Å²) in [5.41, 5.74) is 1.51. The number of furan rings is 1. The lowest BCUT2D eigenvalue weighted by atomic mass is 10.2. The highest BCUT2D eigenvalue weighted by Gasteiger charge is 2.22. The maximum absolute atomic E-state index is 13.0. The maximum Gasteiger partial charge on any atom is 0.291 e. The van der Waals surface area contributed by atoms with Crippen LogP contribution in [0.5, 0.6) is 5.75 Å². The molecule has 0 aliphatic rings.